The van der Waals surface area contributed by atoms with Gasteiger partial charge in [0.1, 0.15) is 11.3 Å². The highest BCUT2D eigenvalue weighted by atomic mass is 16.4. The van der Waals surface area contributed by atoms with Crippen molar-refractivity contribution in [3.05, 3.63) is 53.6 Å². The highest BCUT2D eigenvalue weighted by molar-refractivity contribution is 6.01. The minimum atomic E-state index is -0.966. The molecule has 0 spiro atoms. The van der Waals surface area contributed by atoms with Gasteiger partial charge < -0.3 is 10.1 Å². The molecule has 0 atom stereocenters. The summed E-state index contributed by atoms with van der Waals surface area (Å²) in [5, 5.41) is 9.23. The summed E-state index contributed by atoms with van der Waals surface area (Å²) in [6.45, 7) is 6.51. The molecule has 3 rings (SSSR count). The monoisotopic (exact) mass is 294 g/mol. The van der Waals surface area contributed by atoms with Crippen LogP contribution in [0.2, 0.25) is 0 Å². The van der Waals surface area contributed by atoms with Crippen molar-refractivity contribution in [3.8, 4) is 11.4 Å². The molecule has 0 radical (unpaired) electrons. The van der Waals surface area contributed by atoms with Gasteiger partial charge in [-0.05, 0) is 23.1 Å². The Bertz CT molecular complexity index is 840. The zero-order chi connectivity index (χ0) is 15.9. The number of nitrogens with zero attached hydrogens (tertiary/aromatic N) is 1. The highest BCUT2D eigenvalue weighted by Gasteiger charge is 2.15. The third-order valence-corrected chi connectivity index (χ3v) is 3.77. The fourth-order valence-corrected chi connectivity index (χ4v) is 2.47. The lowest BCUT2D eigenvalue weighted by Crippen LogP contribution is -2.10. The molecule has 0 fully saturated rings. The number of H-pyrrole nitrogens is 1. The number of aromatic carboxylic acids is 1. The largest absolute Gasteiger partial charge is 0.478 e. The Hall–Kier alpha value is -2.62. The van der Waals surface area contributed by atoms with E-state index in [4.69, 9.17) is 0 Å². The first-order valence-corrected chi connectivity index (χ1v) is 7.19. The number of nitrogens with one attached hydrogen (secondary N) is 1. The van der Waals surface area contributed by atoms with Gasteiger partial charge in [0.25, 0.3) is 0 Å². The normalized spacial score (nSPS) is 11.8. The van der Waals surface area contributed by atoms with Gasteiger partial charge in [-0.3, -0.25) is 0 Å². The molecular weight excluding hydrogens is 276 g/mol. The Morgan fingerprint density at radius 3 is 2.36 bits per heavy atom. The second kappa shape index (κ2) is 4.98. The maximum absolute atomic E-state index is 11.3. The number of rotatable bonds is 2. The Labute approximate surface area is 128 Å². The Balaban J connectivity index is 2.07. The third kappa shape index (κ3) is 2.48. The summed E-state index contributed by atoms with van der Waals surface area (Å²) in [5.74, 6) is -0.282. The molecule has 4 heteroatoms. The molecule has 3 aromatic rings. The summed E-state index contributed by atoms with van der Waals surface area (Å²) in [6.07, 6.45) is 0. The molecule has 0 bridgehead atoms. The molecule has 0 saturated carbocycles. The molecule has 1 heterocycles. The number of imidazole rings is 1. The van der Waals surface area contributed by atoms with E-state index < -0.39 is 5.97 Å². The lowest BCUT2D eigenvalue weighted by atomic mass is 9.87. The van der Waals surface area contributed by atoms with Crippen molar-refractivity contribution in [2.45, 2.75) is 26.2 Å². The number of aromatic nitrogens is 2. The standard InChI is InChI=1S/C18H18N2O2/c1-18(2,3)12-9-7-11(8-10-12)16-19-14-6-4-5-13(17(21)22)15(14)20-16/h4-10H,1-3H3,(H,19,20)(H,21,22). The summed E-state index contributed by atoms with van der Waals surface area (Å²) >= 11 is 0. The van der Waals surface area contributed by atoms with Crippen LogP contribution in [0.15, 0.2) is 42.5 Å². The van der Waals surface area contributed by atoms with Crippen LogP contribution in [0.25, 0.3) is 22.4 Å². The molecule has 0 aliphatic heterocycles. The van der Waals surface area contributed by atoms with Gasteiger partial charge in [-0.1, -0.05) is 51.1 Å². The molecule has 0 unspecified atom stereocenters. The average Bonchev–Trinajstić information content (AvgIpc) is 2.90. The Morgan fingerprint density at radius 2 is 1.77 bits per heavy atom. The quantitative estimate of drug-likeness (QED) is 0.743. The maximum atomic E-state index is 11.3. The summed E-state index contributed by atoms with van der Waals surface area (Å²) < 4.78 is 0. The van der Waals surface area contributed by atoms with E-state index in [9.17, 15) is 9.90 Å². The van der Waals surface area contributed by atoms with Gasteiger partial charge in [-0.15, -0.1) is 0 Å². The van der Waals surface area contributed by atoms with E-state index in [2.05, 4.69) is 42.9 Å². The van der Waals surface area contributed by atoms with E-state index in [0.29, 0.717) is 11.3 Å². The van der Waals surface area contributed by atoms with Gasteiger partial charge in [-0.2, -0.15) is 0 Å². The summed E-state index contributed by atoms with van der Waals surface area (Å²) in [4.78, 5) is 18.9. The van der Waals surface area contributed by atoms with Crippen LogP contribution in [0.1, 0.15) is 36.7 Å². The zero-order valence-electron chi connectivity index (χ0n) is 12.8. The molecule has 0 aliphatic rings. The van der Waals surface area contributed by atoms with Gasteiger partial charge in [0, 0.05) is 5.56 Å². The predicted octanol–water partition coefficient (Wildman–Crippen LogP) is 4.23. The molecule has 2 N–H and O–H groups in total. The fourth-order valence-electron chi connectivity index (χ4n) is 2.47. The van der Waals surface area contributed by atoms with Crippen LogP contribution in [0.5, 0.6) is 0 Å². The van der Waals surface area contributed by atoms with Gasteiger partial charge in [0.15, 0.2) is 0 Å². The summed E-state index contributed by atoms with van der Waals surface area (Å²) in [6, 6.07) is 13.3. The van der Waals surface area contributed by atoms with Gasteiger partial charge >= 0.3 is 5.97 Å². The number of carboxylic acid groups (broad SMARTS) is 1. The predicted molar refractivity (Wildman–Crippen MR) is 87.2 cm³/mol. The second-order valence-corrected chi connectivity index (χ2v) is 6.42. The van der Waals surface area contributed by atoms with Gasteiger partial charge in [0.2, 0.25) is 0 Å². The molecule has 2 aromatic carbocycles. The SMILES string of the molecule is CC(C)(C)c1ccc(-c2nc3c(C(=O)O)cccc3[nH]2)cc1. The number of benzene rings is 2. The number of carboxylic acids is 1. The topological polar surface area (TPSA) is 66.0 Å². The van der Waals surface area contributed by atoms with Gasteiger partial charge in [0.05, 0.1) is 11.1 Å². The van der Waals surface area contributed by atoms with Crippen LogP contribution in [-0.2, 0) is 5.41 Å². The molecule has 0 aliphatic carbocycles. The van der Waals surface area contributed by atoms with Crippen molar-refractivity contribution < 1.29 is 9.90 Å². The first-order valence-electron chi connectivity index (χ1n) is 7.19. The number of aromatic amines is 1. The molecular formula is C18H18N2O2. The van der Waals surface area contributed by atoms with Crippen molar-refractivity contribution in [1.82, 2.24) is 9.97 Å². The maximum Gasteiger partial charge on any atom is 0.337 e. The van der Waals surface area contributed by atoms with Crippen LogP contribution in [-0.4, -0.2) is 21.0 Å². The number of hydrogen-bond donors (Lipinski definition) is 2. The lowest BCUT2D eigenvalue weighted by molar-refractivity contribution is 0.0699. The second-order valence-electron chi connectivity index (χ2n) is 6.42. The molecule has 112 valence electrons. The van der Waals surface area contributed by atoms with Crippen LogP contribution >= 0.6 is 0 Å². The Morgan fingerprint density at radius 1 is 1.09 bits per heavy atom. The number of hydrogen-bond acceptors (Lipinski definition) is 2. The van der Waals surface area contributed by atoms with Crippen LogP contribution in [0.3, 0.4) is 0 Å². The van der Waals surface area contributed by atoms with E-state index >= 15 is 0 Å². The first-order chi connectivity index (χ1) is 10.4. The van der Waals surface area contributed by atoms with E-state index in [1.807, 2.05) is 18.2 Å². The molecule has 22 heavy (non-hydrogen) atoms. The smallest absolute Gasteiger partial charge is 0.337 e. The van der Waals surface area contributed by atoms with E-state index in [0.717, 1.165) is 11.1 Å². The summed E-state index contributed by atoms with van der Waals surface area (Å²) in [5.41, 5.74) is 3.73. The van der Waals surface area contributed by atoms with Crippen molar-refractivity contribution in [3.63, 3.8) is 0 Å². The van der Waals surface area contributed by atoms with Crippen LogP contribution < -0.4 is 0 Å². The number of carbonyl (C=O) groups is 1. The highest BCUT2D eigenvalue weighted by Crippen LogP contribution is 2.27. The van der Waals surface area contributed by atoms with Gasteiger partial charge in [-0.25, -0.2) is 9.78 Å². The lowest BCUT2D eigenvalue weighted by Gasteiger charge is -2.18. The minimum absolute atomic E-state index is 0.100. The molecule has 1 aromatic heterocycles. The van der Waals surface area contributed by atoms with Crippen molar-refractivity contribution in [2.24, 2.45) is 0 Å². The van der Waals surface area contributed by atoms with Crippen molar-refractivity contribution in [1.29, 1.82) is 0 Å². The van der Waals surface area contributed by atoms with E-state index in [1.165, 1.54) is 5.56 Å². The number of para-hydroxylation sites is 1. The summed E-state index contributed by atoms with van der Waals surface area (Å²) in [7, 11) is 0. The van der Waals surface area contributed by atoms with E-state index in [1.54, 1.807) is 12.1 Å². The van der Waals surface area contributed by atoms with Crippen LogP contribution in [0, 0.1) is 0 Å². The fraction of sp³-hybridized carbons (Fsp3) is 0.222. The van der Waals surface area contributed by atoms with Crippen molar-refractivity contribution in [2.75, 3.05) is 0 Å². The average molecular weight is 294 g/mol. The minimum Gasteiger partial charge on any atom is -0.478 e. The molecule has 0 amide bonds. The molecule has 4 nitrogen and oxygen atoms in total. The Kier molecular flexibility index (Phi) is 3.24. The molecule has 0 saturated heterocycles. The van der Waals surface area contributed by atoms with E-state index in [-0.39, 0.29) is 11.0 Å². The third-order valence-electron chi connectivity index (χ3n) is 3.77. The zero-order valence-corrected chi connectivity index (χ0v) is 12.8. The number of fused-ring (bicyclic) bond motifs is 1. The first kappa shape index (κ1) is 14.3. The van der Waals surface area contributed by atoms with Crippen LogP contribution in [0.4, 0.5) is 0 Å². The van der Waals surface area contributed by atoms with Crippen molar-refractivity contribution >= 4 is 17.0 Å².